The van der Waals surface area contributed by atoms with Crippen LogP contribution in [0.4, 0.5) is 0 Å². The second kappa shape index (κ2) is 3.57. The highest BCUT2D eigenvalue weighted by atomic mass is 16.5. The Labute approximate surface area is 86.7 Å². The number of nitrogens with zero attached hydrogens (tertiary/aromatic N) is 1. The van der Waals surface area contributed by atoms with Crippen molar-refractivity contribution in [3.05, 3.63) is 36.0 Å². The molecule has 0 atom stereocenters. The van der Waals surface area contributed by atoms with Gasteiger partial charge in [0.2, 0.25) is 0 Å². The van der Waals surface area contributed by atoms with Crippen LogP contribution < -0.4 is 10.5 Å². The van der Waals surface area contributed by atoms with E-state index < -0.39 is 5.91 Å². The molecule has 0 radical (unpaired) electrons. The number of amides is 1. The Morgan fingerprint density at radius 3 is 2.80 bits per heavy atom. The van der Waals surface area contributed by atoms with Crippen LogP contribution in [0.2, 0.25) is 0 Å². The topological polar surface area (TPSA) is 65.2 Å². The van der Waals surface area contributed by atoms with Gasteiger partial charge in [-0.05, 0) is 12.1 Å². The van der Waals surface area contributed by atoms with E-state index >= 15 is 0 Å². The van der Waals surface area contributed by atoms with Gasteiger partial charge < -0.3 is 10.5 Å². The van der Waals surface area contributed by atoms with Crippen LogP contribution in [0.3, 0.4) is 0 Å². The van der Waals surface area contributed by atoms with Crippen molar-refractivity contribution in [2.45, 2.75) is 0 Å². The lowest BCUT2D eigenvalue weighted by atomic mass is 10.2. The minimum absolute atomic E-state index is 0.213. The van der Waals surface area contributed by atoms with Crippen molar-refractivity contribution in [1.29, 1.82) is 0 Å². The molecule has 0 aliphatic carbocycles. The molecular weight excluding hydrogens is 192 g/mol. The zero-order chi connectivity index (χ0) is 10.8. The van der Waals surface area contributed by atoms with Gasteiger partial charge in [0.15, 0.2) is 0 Å². The SMILES string of the molecule is COc1cc(C(N)=O)nc2ccccc12. The fraction of sp³-hybridized carbons (Fsp3) is 0.0909. The highest BCUT2D eigenvalue weighted by Crippen LogP contribution is 2.24. The van der Waals surface area contributed by atoms with Crippen molar-refractivity contribution in [2.75, 3.05) is 7.11 Å². The van der Waals surface area contributed by atoms with Gasteiger partial charge in [0, 0.05) is 11.5 Å². The smallest absolute Gasteiger partial charge is 0.267 e. The average Bonchev–Trinajstić information content (AvgIpc) is 2.27. The maximum Gasteiger partial charge on any atom is 0.267 e. The molecule has 1 aromatic heterocycles. The molecule has 1 amide bonds. The number of rotatable bonds is 2. The number of ether oxygens (including phenoxy) is 1. The predicted molar refractivity (Wildman–Crippen MR) is 56.8 cm³/mol. The van der Waals surface area contributed by atoms with Crippen LogP contribution in [0.1, 0.15) is 10.5 Å². The number of benzene rings is 1. The Kier molecular flexibility index (Phi) is 2.25. The molecule has 1 heterocycles. The van der Waals surface area contributed by atoms with Gasteiger partial charge in [-0.2, -0.15) is 0 Å². The lowest BCUT2D eigenvalue weighted by Crippen LogP contribution is -2.13. The van der Waals surface area contributed by atoms with Gasteiger partial charge in [-0.3, -0.25) is 4.79 Å². The molecular formula is C11H10N2O2. The molecule has 0 spiro atoms. The van der Waals surface area contributed by atoms with Gasteiger partial charge in [-0.25, -0.2) is 4.98 Å². The maximum atomic E-state index is 11.0. The summed E-state index contributed by atoms with van der Waals surface area (Å²) in [4.78, 5) is 15.1. The van der Waals surface area contributed by atoms with Crippen molar-refractivity contribution in [1.82, 2.24) is 4.98 Å². The predicted octanol–water partition coefficient (Wildman–Crippen LogP) is 1.34. The van der Waals surface area contributed by atoms with E-state index in [1.165, 1.54) is 0 Å². The van der Waals surface area contributed by atoms with E-state index in [-0.39, 0.29) is 5.69 Å². The van der Waals surface area contributed by atoms with Crippen molar-refractivity contribution >= 4 is 16.8 Å². The van der Waals surface area contributed by atoms with Crippen LogP contribution in [-0.2, 0) is 0 Å². The highest BCUT2D eigenvalue weighted by Gasteiger charge is 2.08. The summed E-state index contributed by atoms with van der Waals surface area (Å²) >= 11 is 0. The largest absolute Gasteiger partial charge is 0.496 e. The zero-order valence-electron chi connectivity index (χ0n) is 8.23. The monoisotopic (exact) mass is 202 g/mol. The minimum Gasteiger partial charge on any atom is -0.496 e. The molecule has 2 N–H and O–H groups in total. The summed E-state index contributed by atoms with van der Waals surface area (Å²) in [5, 5.41) is 0.866. The normalized spacial score (nSPS) is 10.2. The number of nitrogens with two attached hydrogens (primary N) is 1. The van der Waals surface area contributed by atoms with E-state index in [1.807, 2.05) is 24.3 Å². The molecule has 4 heteroatoms. The average molecular weight is 202 g/mol. The number of methoxy groups -OCH3 is 1. The van der Waals surface area contributed by atoms with E-state index in [2.05, 4.69) is 4.98 Å². The molecule has 2 aromatic rings. The number of carbonyl (C=O) groups excluding carboxylic acids is 1. The number of hydrogen-bond acceptors (Lipinski definition) is 3. The standard InChI is InChI=1S/C11H10N2O2/c1-15-10-6-9(11(12)14)13-8-5-3-2-4-7(8)10/h2-6H,1H3,(H2,12,14). The quantitative estimate of drug-likeness (QED) is 0.799. The molecule has 2 rings (SSSR count). The fourth-order valence-corrected chi connectivity index (χ4v) is 1.44. The third-order valence-electron chi connectivity index (χ3n) is 2.15. The summed E-state index contributed by atoms with van der Waals surface area (Å²) in [6.45, 7) is 0. The fourth-order valence-electron chi connectivity index (χ4n) is 1.44. The number of para-hydroxylation sites is 1. The summed E-state index contributed by atoms with van der Waals surface area (Å²) in [7, 11) is 1.55. The van der Waals surface area contributed by atoms with Crippen LogP contribution >= 0.6 is 0 Å². The second-order valence-corrected chi connectivity index (χ2v) is 3.09. The first-order chi connectivity index (χ1) is 7.22. The molecule has 0 bridgehead atoms. The second-order valence-electron chi connectivity index (χ2n) is 3.09. The number of aromatic nitrogens is 1. The number of primary amides is 1. The first-order valence-corrected chi connectivity index (χ1v) is 4.46. The van der Waals surface area contributed by atoms with E-state index in [1.54, 1.807) is 13.2 Å². The summed E-state index contributed by atoms with van der Waals surface area (Å²) in [6.07, 6.45) is 0. The molecule has 1 aromatic carbocycles. The van der Waals surface area contributed by atoms with Crippen molar-refractivity contribution in [3.63, 3.8) is 0 Å². The molecule has 0 saturated carbocycles. The van der Waals surface area contributed by atoms with E-state index in [0.29, 0.717) is 11.3 Å². The molecule has 0 aliphatic heterocycles. The van der Waals surface area contributed by atoms with Crippen LogP contribution in [0.5, 0.6) is 5.75 Å². The molecule has 15 heavy (non-hydrogen) atoms. The zero-order valence-corrected chi connectivity index (χ0v) is 8.23. The van der Waals surface area contributed by atoms with Crippen LogP contribution in [0, 0.1) is 0 Å². The Morgan fingerprint density at radius 2 is 2.13 bits per heavy atom. The Balaban J connectivity index is 2.77. The lowest BCUT2D eigenvalue weighted by molar-refractivity contribution is 0.0995. The van der Waals surface area contributed by atoms with Gasteiger partial charge in [0.25, 0.3) is 5.91 Å². The summed E-state index contributed by atoms with van der Waals surface area (Å²) in [6, 6.07) is 8.97. The Hall–Kier alpha value is -2.10. The Morgan fingerprint density at radius 1 is 1.40 bits per heavy atom. The third kappa shape index (κ3) is 1.61. The van der Waals surface area contributed by atoms with Crippen molar-refractivity contribution in [3.8, 4) is 5.75 Å². The van der Waals surface area contributed by atoms with Crippen LogP contribution in [-0.4, -0.2) is 18.0 Å². The van der Waals surface area contributed by atoms with E-state index in [0.717, 1.165) is 5.39 Å². The van der Waals surface area contributed by atoms with Gasteiger partial charge in [0.1, 0.15) is 11.4 Å². The summed E-state index contributed by atoms with van der Waals surface area (Å²) in [5.41, 5.74) is 6.08. The van der Waals surface area contributed by atoms with Gasteiger partial charge in [-0.1, -0.05) is 12.1 Å². The number of carbonyl (C=O) groups is 1. The summed E-state index contributed by atoms with van der Waals surface area (Å²) < 4.78 is 5.17. The van der Waals surface area contributed by atoms with Crippen LogP contribution in [0.15, 0.2) is 30.3 Å². The van der Waals surface area contributed by atoms with Gasteiger partial charge in [0.05, 0.1) is 12.6 Å². The first-order valence-electron chi connectivity index (χ1n) is 4.46. The lowest BCUT2D eigenvalue weighted by Gasteiger charge is -2.06. The highest BCUT2D eigenvalue weighted by molar-refractivity contribution is 5.96. The molecule has 0 fully saturated rings. The number of pyridine rings is 1. The summed E-state index contributed by atoms with van der Waals surface area (Å²) in [5.74, 6) is 0.0495. The number of hydrogen-bond donors (Lipinski definition) is 1. The van der Waals surface area contributed by atoms with Crippen molar-refractivity contribution in [2.24, 2.45) is 5.73 Å². The molecule has 0 saturated heterocycles. The number of fused-ring (bicyclic) bond motifs is 1. The molecule has 76 valence electrons. The van der Waals surface area contributed by atoms with E-state index in [4.69, 9.17) is 10.5 Å². The first kappa shape index (κ1) is 9.45. The van der Waals surface area contributed by atoms with Gasteiger partial charge in [-0.15, -0.1) is 0 Å². The van der Waals surface area contributed by atoms with Crippen LogP contribution in [0.25, 0.3) is 10.9 Å². The molecule has 0 unspecified atom stereocenters. The van der Waals surface area contributed by atoms with E-state index in [9.17, 15) is 4.79 Å². The maximum absolute atomic E-state index is 11.0. The third-order valence-corrected chi connectivity index (χ3v) is 2.15. The minimum atomic E-state index is -0.556. The molecule has 0 aliphatic rings. The van der Waals surface area contributed by atoms with Crippen molar-refractivity contribution < 1.29 is 9.53 Å². The van der Waals surface area contributed by atoms with Gasteiger partial charge >= 0.3 is 0 Å². The Bertz CT molecular complexity index is 523. The molecule has 4 nitrogen and oxygen atoms in total.